The molecule has 5 nitrogen and oxygen atoms in total. The highest BCUT2D eigenvalue weighted by Crippen LogP contribution is 2.27. The number of nitrogen functional groups attached to an aromatic ring is 1. The van der Waals surface area contributed by atoms with E-state index < -0.39 is 11.6 Å². The number of benzene rings is 2. The largest absolute Gasteiger partial charge is 0.399 e. The molecule has 130 valence electrons. The Morgan fingerprint density at radius 3 is 2.65 bits per heavy atom. The summed E-state index contributed by atoms with van der Waals surface area (Å²) >= 11 is 0. The zero-order valence-electron chi connectivity index (χ0n) is 13.7. The quantitative estimate of drug-likeness (QED) is 0.554. The maximum Gasteiger partial charge on any atom is 0.154 e. The summed E-state index contributed by atoms with van der Waals surface area (Å²) in [4.78, 5) is 4.31. The van der Waals surface area contributed by atoms with Gasteiger partial charge in [0.25, 0.3) is 0 Å². The molecule has 4 aromatic rings. The van der Waals surface area contributed by atoms with Crippen LogP contribution in [0.4, 0.5) is 14.5 Å². The predicted octanol–water partition coefficient (Wildman–Crippen LogP) is 3.38. The molecule has 0 aliphatic heterocycles. The van der Waals surface area contributed by atoms with Crippen molar-refractivity contribution in [3.63, 3.8) is 0 Å². The fourth-order valence-corrected chi connectivity index (χ4v) is 2.89. The Labute approximate surface area is 147 Å². The smallest absolute Gasteiger partial charge is 0.154 e. The van der Waals surface area contributed by atoms with Crippen LogP contribution in [0.1, 0.15) is 5.56 Å². The number of nitrogens with zero attached hydrogens (tertiary/aromatic N) is 3. The predicted molar refractivity (Wildman–Crippen MR) is 96.1 cm³/mol. The Bertz CT molecular complexity index is 1120. The zero-order valence-corrected chi connectivity index (χ0v) is 13.7. The number of hydrogen-bond acceptors (Lipinski definition) is 4. The molecule has 2 aromatic carbocycles. The second kappa shape index (κ2) is 6.20. The molecule has 0 bridgehead atoms. The Kier molecular flexibility index (Phi) is 3.85. The van der Waals surface area contributed by atoms with Gasteiger partial charge in [-0.05, 0) is 36.4 Å². The molecule has 26 heavy (non-hydrogen) atoms. The van der Waals surface area contributed by atoms with Gasteiger partial charge in [0.1, 0.15) is 11.6 Å². The number of halogens is 2. The standard InChI is InChI=1S/C19H15F2N5/c20-13-6-12(9-22)19(21)15(8-13)16-4-5-18-24-10-17(26(18)25-16)11-2-1-3-14(23)7-11/h1-8,10H,9,22-23H2. The molecular formula is C19H15F2N5. The van der Waals surface area contributed by atoms with Crippen molar-refractivity contribution in [2.45, 2.75) is 6.54 Å². The average molecular weight is 351 g/mol. The molecule has 2 aromatic heterocycles. The summed E-state index contributed by atoms with van der Waals surface area (Å²) in [7, 11) is 0. The first-order chi connectivity index (χ1) is 12.6. The van der Waals surface area contributed by atoms with Crippen LogP contribution in [0.5, 0.6) is 0 Å². The molecule has 0 spiro atoms. The van der Waals surface area contributed by atoms with Crippen LogP contribution in [-0.2, 0) is 6.54 Å². The van der Waals surface area contributed by atoms with Crippen molar-refractivity contribution in [2.75, 3.05) is 5.73 Å². The van der Waals surface area contributed by atoms with Crippen molar-refractivity contribution < 1.29 is 8.78 Å². The van der Waals surface area contributed by atoms with E-state index in [9.17, 15) is 8.78 Å². The average Bonchev–Trinajstić information content (AvgIpc) is 3.06. The van der Waals surface area contributed by atoms with Crippen LogP contribution in [0.2, 0.25) is 0 Å². The van der Waals surface area contributed by atoms with E-state index in [-0.39, 0.29) is 23.4 Å². The molecule has 0 amide bonds. The van der Waals surface area contributed by atoms with Gasteiger partial charge in [-0.15, -0.1) is 0 Å². The number of rotatable bonds is 3. The number of imidazole rings is 1. The van der Waals surface area contributed by atoms with E-state index in [0.29, 0.717) is 17.0 Å². The van der Waals surface area contributed by atoms with Crippen LogP contribution in [0.15, 0.2) is 54.7 Å². The molecule has 0 atom stereocenters. The van der Waals surface area contributed by atoms with Crippen LogP contribution in [0.25, 0.3) is 28.2 Å². The molecule has 0 saturated carbocycles. The summed E-state index contributed by atoms with van der Waals surface area (Å²) in [6, 6.07) is 12.8. The maximum absolute atomic E-state index is 14.6. The summed E-state index contributed by atoms with van der Waals surface area (Å²) in [5.41, 5.74) is 14.5. The van der Waals surface area contributed by atoms with Crippen LogP contribution >= 0.6 is 0 Å². The third-order valence-corrected chi connectivity index (χ3v) is 4.15. The van der Waals surface area contributed by atoms with Gasteiger partial charge in [0.15, 0.2) is 5.65 Å². The third kappa shape index (κ3) is 2.68. The molecule has 0 fully saturated rings. The lowest BCUT2D eigenvalue weighted by Crippen LogP contribution is -2.04. The number of nitrogens with two attached hydrogens (primary N) is 2. The van der Waals surface area contributed by atoms with Gasteiger partial charge in [-0.1, -0.05) is 12.1 Å². The molecule has 0 saturated heterocycles. The Morgan fingerprint density at radius 1 is 1.04 bits per heavy atom. The minimum atomic E-state index is -0.577. The van der Waals surface area contributed by atoms with Gasteiger partial charge in [-0.25, -0.2) is 18.3 Å². The van der Waals surface area contributed by atoms with Crippen molar-refractivity contribution in [2.24, 2.45) is 5.73 Å². The van der Waals surface area contributed by atoms with Gasteiger partial charge in [0.05, 0.1) is 17.6 Å². The molecule has 0 aliphatic rings. The van der Waals surface area contributed by atoms with E-state index in [4.69, 9.17) is 11.5 Å². The summed E-state index contributed by atoms with van der Waals surface area (Å²) in [5, 5.41) is 4.45. The van der Waals surface area contributed by atoms with Crippen LogP contribution in [0, 0.1) is 11.6 Å². The topological polar surface area (TPSA) is 82.2 Å². The van der Waals surface area contributed by atoms with Crippen molar-refractivity contribution in [1.29, 1.82) is 0 Å². The highest BCUT2D eigenvalue weighted by Gasteiger charge is 2.15. The molecule has 4 rings (SSSR count). The first-order valence-corrected chi connectivity index (χ1v) is 7.96. The highest BCUT2D eigenvalue weighted by atomic mass is 19.1. The summed E-state index contributed by atoms with van der Waals surface area (Å²) in [5.74, 6) is -1.14. The monoisotopic (exact) mass is 351 g/mol. The Balaban J connectivity index is 1.92. The summed E-state index contributed by atoms with van der Waals surface area (Å²) in [6.07, 6.45) is 1.66. The first-order valence-electron chi connectivity index (χ1n) is 7.96. The molecule has 4 N–H and O–H groups in total. The maximum atomic E-state index is 14.6. The Hall–Kier alpha value is -3.32. The highest BCUT2D eigenvalue weighted by molar-refractivity contribution is 5.68. The van der Waals surface area contributed by atoms with Gasteiger partial charge in [-0.3, -0.25) is 0 Å². The second-order valence-electron chi connectivity index (χ2n) is 5.89. The minimum Gasteiger partial charge on any atom is -0.399 e. The first kappa shape index (κ1) is 16.2. The normalized spacial score (nSPS) is 11.2. The van der Waals surface area contributed by atoms with Gasteiger partial charge in [-0.2, -0.15) is 5.10 Å². The van der Waals surface area contributed by atoms with Gasteiger partial charge < -0.3 is 11.5 Å². The zero-order chi connectivity index (χ0) is 18.3. The fraction of sp³-hybridized carbons (Fsp3) is 0.0526. The molecule has 0 aliphatic carbocycles. The fourth-order valence-electron chi connectivity index (χ4n) is 2.89. The molecule has 7 heteroatoms. The van der Waals surface area contributed by atoms with Crippen molar-refractivity contribution in [3.05, 3.63) is 71.9 Å². The van der Waals surface area contributed by atoms with E-state index in [1.54, 1.807) is 35.0 Å². The van der Waals surface area contributed by atoms with E-state index in [1.165, 1.54) is 0 Å². The lowest BCUT2D eigenvalue weighted by molar-refractivity contribution is 0.588. The number of aromatic nitrogens is 3. The summed E-state index contributed by atoms with van der Waals surface area (Å²) in [6.45, 7) is -0.0988. The van der Waals surface area contributed by atoms with E-state index in [0.717, 1.165) is 17.7 Å². The summed E-state index contributed by atoms with van der Waals surface area (Å²) < 4.78 is 30.0. The SMILES string of the molecule is NCc1cc(F)cc(-c2ccc3ncc(-c4cccc(N)c4)n3n2)c1F. The number of hydrogen-bond donors (Lipinski definition) is 2. The molecule has 2 heterocycles. The van der Waals surface area contributed by atoms with Crippen LogP contribution in [-0.4, -0.2) is 14.6 Å². The molecule has 0 unspecified atom stereocenters. The number of fused-ring (bicyclic) bond motifs is 1. The molecular weight excluding hydrogens is 336 g/mol. The van der Waals surface area contributed by atoms with Gasteiger partial charge in [0.2, 0.25) is 0 Å². The lowest BCUT2D eigenvalue weighted by atomic mass is 10.1. The second-order valence-corrected chi connectivity index (χ2v) is 5.89. The van der Waals surface area contributed by atoms with E-state index >= 15 is 0 Å². The van der Waals surface area contributed by atoms with Gasteiger partial charge in [0, 0.05) is 28.9 Å². The van der Waals surface area contributed by atoms with Crippen LogP contribution in [0.3, 0.4) is 0 Å². The van der Waals surface area contributed by atoms with Crippen molar-refractivity contribution in [3.8, 4) is 22.5 Å². The Morgan fingerprint density at radius 2 is 1.88 bits per heavy atom. The lowest BCUT2D eigenvalue weighted by Gasteiger charge is -2.09. The third-order valence-electron chi connectivity index (χ3n) is 4.15. The van der Waals surface area contributed by atoms with Crippen molar-refractivity contribution in [1.82, 2.24) is 14.6 Å². The molecule has 0 radical (unpaired) electrons. The van der Waals surface area contributed by atoms with E-state index in [2.05, 4.69) is 10.1 Å². The van der Waals surface area contributed by atoms with Crippen LogP contribution < -0.4 is 11.5 Å². The number of anilines is 1. The van der Waals surface area contributed by atoms with Gasteiger partial charge >= 0.3 is 0 Å². The van der Waals surface area contributed by atoms with Crippen molar-refractivity contribution >= 4 is 11.3 Å². The van der Waals surface area contributed by atoms with E-state index in [1.807, 2.05) is 12.1 Å². The minimum absolute atomic E-state index is 0.0552.